The average molecular weight is 220 g/mol. The van der Waals surface area contributed by atoms with Crippen LogP contribution < -0.4 is 0 Å². The molecular weight excluding hydrogens is 200 g/mol. The van der Waals surface area contributed by atoms with Gasteiger partial charge in [-0.05, 0) is 20.3 Å². The second-order valence-electron chi connectivity index (χ2n) is 4.11. The van der Waals surface area contributed by atoms with Gasteiger partial charge in [-0.15, -0.1) is 0 Å². The van der Waals surface area contributed by atoms with Crippen LogP contribution >= 0.6 is 0 Å². The first-order valence-corrected chi connectivity index (χ1v) is 5.32. The molecule has 5 nitrogen and oxygen atoms in total. The van der Waals surface area contributed by atoms with Crippen molar-refractivity contribution in [3.63, 3.8) is 0 Å². The van der Waals surface area contributed by atoms with E-state index in [1.165, 1.54) is 0 Å². The van der Waals surface area contributed by atoms with Crippen molar-refractivity contribution in [1.82, 2.24) is 0 Å². The topological polar surface area (TPSA) is 79.2 Å². The maximum Gasteiger partial charge on any atom is 0.186 e. The lowest BCUT2D eigenvalue weighted by Gasteiger charge is -2.40. The van der Waals surface area contributed by atoms with Crippen molar-refractivity contribution in [2.75, 3.05) is 0 Å². The van der Waals surface area contributed by atoms with E-state index in [1.54, 1.807) is 0 Å². The molecule has 0 aromatic heterocycles. The summed E-state index contributed by atoms with van der Waals surface area (Å²) in [4.78, 5) is 0. The molecule has 1 rings (SSSR count). The summed E-state index contributed by atoms with van der Waals surface area (Å²) < 4.78 is 10.7. The summed E-state index contributed by atoms with van der Waals surface area (Å²) in [7, 11) is 0. The van der Waals surface area contributed by atoms with Gasteiger partial charge in [-0.3, -0.25) is 0 Å². The Morgan fingerprint density at radius 3 is 2.20 bits per heavy atom. The Labute approximate surface area is 89.6 Å². The normalized spacial score (nSPS) is 42.2. The summed E-state index contributed by atoms with van der Waals surface area (Å²) >= 11 is 0. The maximum atomic E-state index is 9.61. The summed E-state index contributed by atoms with van der Waals surface area (Å²) in [6.45, 7) is 5.47. The first-order chi connectivity index (χ1) is 6.97. The predicted molar refractivity (Wildman–Crippen MR) is 53.2 cm³/mol. The highest BCUT2D eigenvalue weighted by Crippen LogP contribution is 2.24. The third kappa shape index (κ3) is 2.89. The van der Waals surface area contributed by atoms with Crippen LogP contribution in [0.1, 0.15) is 27.2 Å². The fraction of sp³-hybridized carbons (Fsp3) is 1.00. The lowest BCUT2D eigenvalue weighted by atomic mass is 9.97. The lowest BCUT2D eigenvalue weighted by Crippen LogP contribution is -2.58. The van der Waals surface area contributed by atoms with Gasteiger partial charge in [0, 0.05) is 0 Å². The fourth-order valence-electron chi connectivity index (χ4n) is 1.63. The van der Waals surface area contributed by atoms with Crippen LogP contribution in [0.25, 0.3) is 0 Å². The minimum absolute atomic E-state index is 0.107. The van der Waals surface area contributed by atoms with Crippen LogP contribution in [0.15, 0.2) is 0 Å². The molecule has 5 atom stereocenters. The van der Waals surface area contributed by atoms with Gasteiger partial charge in [0.2, 0.25) is 0 Å². The van der Waals surface area contributed by atoms with Crippen LogP contribution in [-0.2, 0) is 9.47 Å². The van der Waals surface area contributed by atoms with Crippen LogP contribution in [0.2, 0.25) is 0 Å². The van der Waals surface area contributed by atoms with E-state index in [0.29, 0.717) is 6.42 Å². The molecule has 1 saturated heterocycles. The predicted octanol–water partition coefficient (Wildman–Crippen LogP) is -0.371. The van der Waals surface area contributed by atoms with Gasteiger partial charge in [0.15, 0.2) is 6.29 Å². The van der Waals surface area contributed by atoms with Gasteiger partial charge in [0.25, 0.3) is 0 Å². The highest BCUT2D eigenvalue weighted by molar-refractivity contribution is 4.88. The monoisotopic (exact) mass is 220 g/mol. The van der Waals surface area contributed by atoms with Crippen molar-refractivity contribution < 1.29 is 24.8 Å². The molecule has 2 unspecified atom stereocenters. The lowest BCUT2D eigenvalue weighted by molar-refractivity contribution is -0.304. The number of aliphatic hydroxyl groups is 3. The quantitative estimate of drug-likeness (QED) is 0.604. The summed E-state index contributed by atoms with van der Waals surface area (Å²) in [5, 5.41) is 28.8. The SMILES string of the molecule is CCC1O[C@H](OC(C)C)[C@H](O)C(O)[C@H]1O. The van der Waals surface area contributed by atoms with E-state index < -0.39 is 30.7 Å². The summed E-state index contributed by atoms with van der Waals surface area (Å²) in [5.41, 5.74) is 0. The molecule has 90 valence electrons. The van der Waals surface area contributed by atoms with E-state index in [4.69, 9.17) is 9.47 Å². The van der Waals surface area contributed by atoms with Gasteiger partial charge < -0.3 is 24.8 Å². The van der Waals surface area contributed by atoms with Gasteiger partial charge in [-0.2, -0.15) is 0 Å². The minimum atomic E-state index is -1.22. The van der Waals surface area contributed by atoms with Gasteiger partial charge in [0.05, 0.1) is 12.2 Å². The Morgan fingerprint density at radius 1 is 1.13 bits per heavy atom. The molecule has 1 heterocycles. The molecule has 0 bridgehead atoms. The van der Waals surface area contributed by atoms with Gasteiger partial charge in [0.1, 0.15) is 18.3 Å². The molecule has 0 aromatic carbocycles. The zero-order valence-electron chi connectivity index (χ0n) is 9.33. The molecule has 3 N–H and O–H groups in total. The number of hydrogen-bond donors (Lipinski definition) is 3. The molecule has 15 heavy (non-hydrogen) atoms. The number of hydrogen-bond acceptors (Lipinski definition) is 5. The summed E-state index contributed by atoms with van der Waals surface area (Å²) in [6.07, 6.45) is -4.39. The van der Waals surface area contributed by atoms with Crippen LogP contribution in [0.5, 0.6) is 0 Å². The number of rotatable bonds is 3. The molecule has 0 aliphatic carbocycles. The first kappa shape index (κ1) is 12.9. The molecular formula is C10H20O5. The number of ether oxygens (including phenoxy) is 2. The van der Waals surface area contributed by atoms with Gasteiger partial charge >= 0.3 is 0 Å². The molecule has 0 amide bonds. The maximum absolute atomic E-state index is 9.61. The van der Waals surface area contributed by atoms with Crippen LogP contribution in [0, 0.1) is 0 Å². The molecule has 0 aromatic rings. The zero-order valence-corrected chi connectivity index (χ0v) is 9.33. The average Bonchev–Trinajstić information content (AvgIpc) is 2.18. The van der Waals surface area contributed by atoms with E-state index in [9.17, 15) is 15.3 Å². The molecule has 0 saturated carbocycles. The van der Waals surface area contributed by atoms with Crippen molar-refractivity contribution >= 4 is 0 Å². The Kier molecular flexibility index (Phi) is 4.48. The van der Waals surface area contributed by atoms with Crippen LogP contribution in [-0.4, -0.2) is 52.1 Å². The zero-order chi connectivity index (χ0) is 11.6. The van der Waals surface area contributed by atoms with Crippen LogP contribution in [0.4, 0.5) is 0 Å². The van der Waals surface area contributed by atoms with Crippen molar-refractivity contribution in [2.24, 2.45) is 0 Å². The van der Waals surface area contributed by atoms with E-state index >= 15 is 0 Å². The van der Waals surface area contributed by atoms with Crippen LogP contribution in [0.3, 0.4) is 0 Å². The highest BCUT2D eigenvalue weighted by Gasteiger charge is 2.43. The van der Waals surface area contributed by atoms with Crippen molar-refractivity contribution in [3.05, 3.63) is 0 Å². The Hall–Kier alpha value is -0.200. The Balaban J connectivity index is 2.65. The second-order valence-corrected chi connectivity index (χ2v) is 4.11. The van der Waals surface area contributed by atoms with E-state index in [0.717, 1.165) is 0 Å². The van der Waals surface area contributed by atoms with Crippen molar-refractivity contribution in [1.29, 1.82) is 0 Å². The van der Waals surface area contributed by atoms with Crippen molar-refractivity contribution in [2.45, 2.75) is 64.0 Å². The van der Waals surface area contributed by atoms with Gasteiger partial charge in [-0.1, -0.05) is 6.92 Å². The standard InChI is InChI=1S/C10H20O5/c1-4-6-7(11)8(12)9(13)10(15-6)14-5(2)3/h5-13H,4H2,1-3H3/t6?,7-,8?,9+,10-/m0/s1. The van der Waals surface area contributed by atoms with E-state index in [-0.39, 0.29) is 6.10 Å². The molecule has 1 aliphatic heterocycles. The van der Waals surface area contributed by atoms with E-state index in [2.05, 4.69) is 0 Å². The molecule has 0 radical (unpaired) electrons. The number of aliphatic hydroxyl groups excluding tert-OH is 3. The summed E-state index contributed by atoms with van der Waals surface area (Å²) in [6, 6.07) is 0. The first-order valence-electron chi connectivity index (χ1n) is 5.32. The largest absolute Gasteiger partial charge is 0.388 e. The third-order valence-corrected chi connectivity index (χ3v) is 2.48. The van der Waals surface area contributed by atoms with Gasteiger partial charge in [-0.25, -0.2) is 0 Å². The smallest absolute Gasteiger partial charge is 0.186 e. The molecule has 5 heteroatoms. The molecule has 1 aliphatic rings. The highest BCUT2D eigenvalue weighted by atomic mass is 16.7. The van der Waals surface area contributed by atoms with Crippen molar-refractivity contribution in [3.8, 4) is 0 Å². The Morgan fingerprint density at radius 2 is 1.73 bits per heavy atom. The second kappa shape index (κ2) is 5.23. The molecule has 1 fully saturated rings. The fourth-order valence-corrected chi connectivity index (χ4v) is 1.63. The third-order valence-electron chi connectivity index (χ3n) is 2.48. The van der Waals surface area contributed by atoms with E-state index in [1.807, 2.05) is 20.8 Å². The summed E-state index contributed by atoms with van der Waals surface area (Å²) in [5.74, 6) is 0. The Bertz CT molecular complexity index is 194. The molecule has 0 spiro atoms. The minimum Gasteiger partial charge on any atom is -0.388 e.